The number of rotatable bonds is 15. The number of sulfonamides is 1. The second-order valence-corrected chi connectivity index (χ2v) is 15.3. The van der Waals surface area contributed by atoms with E-state index in [1.54, 1.807) is 46.9 Å². The molecule has 0 aromatic heterocycles. The van der Waals surface area contributed by atoms with Crippen LogP contribution >= 0.6 is 0 Å². The summed E-state index contributed by atoms with van der Waals surface area (Å²) in [6.45, 7) is 10.3. The lowest BCUT2D eigenvalue weighted by Crippen LogP contribution is -2.58. The molecule has 14 nitrogen and oxygen atoms in total. The van der Waals surface area contributed by atoms with Gasteiger partial charge in [-0.1, -0.05) is 38.7 Å². The number of ketones is 1. The summed E-state index contributed by atoms with van der Waals surface area (Å²) in [6.07, 6.45) is 5.22. The van der Waals surface area contributed by atoms with Gasteiger partial charge >= 0.3 is 6.09 Å². The topological polar surface area (TPSA) is 192 Å². The molecule has 1 saturated carbocycles. The normalized spacial score (nSPS) is 19.7. The summed E-state index contributed by atoms with van der Waals surface area (Å²) in [5.41, 5.74) is -0.109. The summed E-state index contributed by atoms with van der Waals surface area (Å²) in [4.78, 5) is 68.1. The third-order valence-corrected chi connectivity index (χ3v) is 10.1. The number of likely N-dealkylation sites (tertiary alicyclic amines) is 1. The smallest absolute Gasteiger partial charge is 0.408 e. The summed E-state index contributed by atoms with van der Waals surface area (Å²) >= 11 is 0. The van der Waals surface area contributed by atoms with E-state index in [0.717, 1.165) is 19.3 Å². The van der Waals surface area contributed by atoms with Crippen LogP contribution in [0.4, 0.5) is 10.5 Å². The number of alkyl carbamates (subject to hydrolysis) is 1. The minimum absolute atomic E-state index is 0.00287. The molecule has 1 heterocycles. The Morgan fingerprint density at radius 1 is 1.04 bits per heavy atom. The van der Waals surface area contributed by atoms with E-state index in [2.05, 4.69) is 32.6 Å². The SMILES string of the molecule is C=CCNC(=O)C(=O)C(CCC)NC(=O)C1CC(NS(=O)(=O)c2ccc(NC)cc2)CN1C(=O)C(NC(=O)OC(C)(C)C)C1CCCCC1. The van der Waals surface area contributed by atoms with Crippen molar-refractivity contribution in [1.82, 2.24) is 25.6 Å². The molecule has 1 aromatic carbocycles. The average molecular weight is 705 g/mol. The number of hydrogen-bond donors (Lipinski definition) is 5. The third-order valence-electron chi connectivity index (χ3n) is 8.56. The molecule has 1 aliphatic carbocycles. The fourth-order valence-corrected chi connectivity index (χ4v) is 7.44. The highest BCUT2D eigenvalue weighted by Gasteiger charge is 2.46. The van der Waals surface area contributed by atoms with Crippen molar-refractivity contribution in [3.8, 4) is 0 Å². The second kappa shape index (κ2) is 17.6. The van der Waals surface area contributed by atoms with E-state index in [-0.39, 0.29) is 36.7 Å². The Bertz CT molecular complexity index is 1450. The molecule has 49 heavy (non-hydrogen) atoms. The summed E-state index contributed by atoms with van der Waals surface area (Å²) in [6, 6.07) is 1.82. The summed E-state index contributed by atoms with van der Waals surface area (Å²) in [7, 11) is -2.35. The maximum Gasteiger partial charge on any atom is 0.408 e. The van der Waals surface area contributed by atoms with E-state index in [4.69, 9.17) is 4.74 Å². The average Bonchev–Trinajstić information content (AvgIpc) is 3.48. The first-order chi connectivity index (χ1) is 23.1. The number of carbonyl (C=O) groups excluding carboxylic acids is 5. The van der Waals surface area contributed by atoms with Gasteiger partial charge in [0.25, 0.3) is 5.91 Å². The molecule has 2 aliphatic rings. The highest BCUT2D eigenvalue weighted by atomic mass is 32.2. The lowest BCUT2D eigenvalue weighted by molar-refractivity contribution is -0.143. The predicted octanol–water partition coefficient (Wildman–Crippen LogP) is 2.61. The van der Waals surface area contributed by atoms with Crippen molar-refractivity contribution in [3.05, 3.63) is 36.9 Å². The number of hydrogen-bond acceptors (Lipinski definition) is 9. The van der Waals surface area contributed by atoms with E-state index >= 15 is 0 Å². The van der Waals surface area contributed by atoms with E-state index in [9.17, 15) is 32.4 Å². The lowest BCUT2D eigenvalue weighted by Gasteiger charge is -2.35. The van der Waals surface area contributed by atoms with Crippen molar-refractivity contribution in [1.29, 1.82) is 0 Å². The van der Waals surface area contributed by atoms with Crippen LogP contribution in [0, 0.1) is 5.92 Å². The minimum atomic E-state index is -4.06. The molecule has 272 valence electrons. The number of ether oxygens (including phenoxy) is 1. The van der Waals surface area contributed by atoms with Crippen molar-refractivity contribution in [2.75, 3.05) is 25.5 Å². The van der Waals surface area contributed by atoms with Crippen LogP contribution in [0.2, 0.25) is 0 Å². The van der Waals surface area contributed by atoms with Crippen molar-refractivity contribution in [3.63, 3.8) is 0 Å². The monoisotopic (exact) mass is 704 g/mol. The van der Waals surface area contributed by atoms with Crippen LogP contribution in [0.5, 0.6) is 0 Å². The van der Waals surface area contributed by atoms with E-state index < -0.39 is 69.4 Å². The highest BCUT2D eigenvalue weighted by Crippen LogP contribution is 2.30. The zero-order valence-corrected chi connectivity index (χ0v) is 30.0. The van der Waals surface area contributed by atoms with Crippen molar-refractivity contribution in [2.24, 2.45) is 5.92 Å². The van der Waals surface area contributed by atoms with Crippen LogP contribution in [0.25, 0.3) is 0 Å². The molecule has 15 heteroatoms. The summed E-state index contributed by atoms with van der Waals surface area (Å²) < 4.78 is 34.9. The Hall–Kier alpha value is -3.98. The van der Waals surface area contributed by atoms with Crippen LogP contribution < -0.4 is 26.0 Å². The van der Waals surface area contributed by atoms with Crippen LogP contribution in [-0.4, -0.2) is 92.8 Å². The third kappa shape index (κ3) is 11.3. The van der Waals surface area contributed by atoms with Crippen LogP contribution in [0.3, 0.4) is 0 Å². The number of anilines is 1. The van der Waals surface area contributed by atoms with Gasteiger partial charge in [0.05, 0.1) is 10.9 Å². The Kier molecular flexibility index (Phi) is 14.2. The number of Topliss-reactive ketones (excluding diaryl/α,β-unsaturated/α-hetero) is 1. The minimum Gasteiger partial charge on any atom is -0.444 e. The number of benzene rings is 1. The molecule has 0 bridgehead atoms. The number of nitrogens with zero attached hydrogens (tertiary/aromatic N) is 1. The highest BCUT2D eigenvalue weighted by molar-refractivity contribution is 7.89. The molecular weight excluding hydrogens is 652 g/mol. The first-order valence-electron chi connectivity index (χ1n) is 16.9. The van der Waals surface area contributed by atoms with Crippen LogP contribution in [0.1, 0.15) is 79.1 Å². The fourth-order valence-electron chi connectivity index (χ4n) is 6.20. The molecule has 1 saturated heterocycles. The van der Waals surface area contributed by atoms with Gasteiger partial charge in [-0.05, 0) is 76.6 Å². The molecule has 2 fully saturated rings. The van der Waals surface area contributed by atoms with E-state index in [0.29, 0.717) is 24.9 Å². The Morgan fingerprint density at radius 3 is 2.27 bits per heavy atom. The zero-order chi connectivity index (χ0) is 36.4. The molecule has 1 aliphatic heterocycles. The molecule has 5 N–H and O–H groups in total. The van der Waals surface area contributed by atoms with Crippen molar-refractivity contribution < 1.29 is 37.1 Å². The quantitative estimate of drug-likeness (QED) is 0.135. The molecule has 1 aromatic rings. The molecule has 0 spiro atoms. The van der Waals surface area contributed by atoms with Crippen molar-refractivity contribution in [2.45, 2.75) is 114 Å². The number of nitrogens with one attached hydrogen (secondary N) is 5. The van der Waals surface area contributed by atoms with Gasteiger partial charge in [-0.2, -0.15) is 0 Å². The first kappa shape index (κ1) is 39.5. The molecule has 4 atom stereocenters. The van der Waals surface area contributed by atoms with Gasteiger partial charge in [-0.15, -0.1) is 6.58 Å². The van der Waals surface area contributed by atoms with Gasteiger partial charge in [0.2, 0.25) is 27.6 Å². The largest absolute Gasteiger partial charge is 0.444 e. The summed E-state index contributed by atoms with van der Waals surface area (Å²) in [5.74, 6) is -3.23. The zero-order valence-electron chi connectivity index (χ0n) is 29.2. The lowest BCUT2D eigenvalue weighted by atomic mass is 9.83. The van der Waals surface area contributed by atoms with Gasteiger partial charge in [-0.3, -0.25) is 19.2 Å². The van der Waals surface area contributed by atoms with Gasteiger partial charge in [0.15, 0.2) is 0 Å². The Labute approximate surface area is 289 Å². The molecule has 4 unspecified atom stereocenters. The van der Waals surface area contributed by atoms with E-state index in [1.807, 2.05) is 0 Å². The molecule has 4 amide bonds. The standard InChI is InChI=1S/C34H52N6O8S/c1-7-12-26(29(41)31(43)36-19-8-2)37-30(42)27-20-24(39-49(46,47)25-17-15-23(35-6)16-18-25)21-40(27)32(44)28(22-13-10-9-11-14-22)38-33(45)48-34(3,4)5/h8,15-18,22,24,26-28,35,39H,2,7,9-14,19-21H2,1,3-6H3,(H,36,43)(H,37,42)(H,38,45). The molecular formula is C34H52N6O8S. The van der Waals surface area contributed by atoms with Gasteiger partial charge in [0, 0.05) is 31.9 Å². The van der Waals surface area contributed by atoms with Crippen LogP contribution in [-0.2, 0) is 33.9 Å². The maximum atomic E-state index is 14.4. The maximum absolute atomic E-state index is 14.4. The van der Waals surface area contributed by atoms with Gasteiger partial charge in [-0.25, -0.2) is 17.9 Å². The number of amides is 4. The Balaban J connectivity index is 1.95. The second-order valence-electron chi connectivity index (χ2n) is 13.6. The predicted molar refractivity (Wildman–Crippen MR) is 185 cm³/mol. The van der Waals surface area contributed by atoms with Crippen molar-refractivity contribution >= 4 is 45.3 Å². The van der Waals surface area contributed by atoms with Gasteiger partial charge < -0.3 is 30.9 Å². The molecule has 0 radical (unpaired) electrons. The van der Waals surface area contributed by atoms with E-state index in [1.165, 1.54) is 23.1 Å². The fraction of sp³-hybridized carbons (Fsp3) is 0.618. The molecule has 3 rings (SSSR count). The number of carbonyl (C=O) groups is 5. The first-order valence-corrected chi connectivity index (χ1v) is 18.4. The summed E-state index contributed by atoms with van der Waals surface area (Å²) in [5, 5.41) is 10.8. The van der Waals surface area contributed by atoms with Gasteiger partial charge in [0.1, 0.15) is 17.7 Å². The Morgan fingerprint density at radius 2 is 1.69 bits per heavy atom. The van der Waals surface area contributed by atoms with Crippen LogP contribution in [0.15, 0.2) is 41.8 Å².